The zero-order valence-corrected chi connectivity index (χ0v) is 11.4. The van der Waals surface area contributed by atoms with Crippen LogP contribution in [-0.2, 0) is 0 Å². The average Bonchev–Trinajstić information content (AvgIpc) is 2.93. The van der Waals surface area contributed by atoms with E-state index < -0.39 is 10.9 Å². The van der Waals surface area contributed by atoms with Crippen LogP contribution < -0.4 is 4.90 Å². The van der Waals surface area contributed by atoms with E-state index in [1.165, 1.54) is 18.2 Å². The van der Waals surface area contributed by atoms with Crippen molar-refractivity contribution >= 4 is 17.3 Å². The third-order valence-corrected chi connectivity index (χ3v) is 3.84. The number of carboxylic acid groups (broad SMARTS) is 1. The molecule has 0 aliphatic heterocycles. The normalized spacial score (nSPS) is 15.2. The number of carbonyl (C=O) groups is 1. The maximum absolute atomic E-state index is 11.4. The fourth-order valence-electron chi connectivity index (χ4n) is 2.97. The van der Waals surface area contributed by atoms with Gasteiger partial charge in [-0.1, -0.05) is 18.9 Å². The van der Waals surface area contributed by atoms with Crippen molar-refractivity contribution in [2.24, 2.45) is 0 Å². The van der Waals surface area contributed by atoms with Gasteiger partial charge in [0, 0.05) is 18.7 Å². The SMILES string of the molecule is CCN(c1c(C(=O)O)cccc1[N+](=O)[O-])C1CCCC1. The summed E-state index contributed by atoms with van der Waals surface area (Å²) in [7, 11) is 0. The summed E-state index contributed by atoms with van der Waals surface area (Å²) in [6.45, 7) is 2.47. The first-order chi connectivity index (χ1) is 9.56. The fraction of sp³-hybridized carbons (Fsp3) is 0.500. The minimum Gasteiger partial charge on any atom is -0.478 e. The van der Waals surface area contributed by atoms with Crippen molar-refractivity contribution in [1.29, 1.82) is 0 Å². The lowest BCUT2D eigenvalue weighted by Crippen LogP contribution is -2.34. The van der Waals surface area contributed by atoms with Crippen molar-refractivity contribution < 1.29 is 14.8 Å². The zero-order chi connectivity index (χ0) is 14.7. The number of benzene rings is 1. The Labute approximate surface area is 117 Å². The maximum Gasteiger partial charge on any atom is 0.338 e. The van der Waals surface area contributed by atoms with Crippen LogP contribution in [0, 0.1) is 10.1 Å². The Morgan fingerprint density at radius 3 is 2.60 bits per heavy atom. The number of hydrogen-bond donors (Lipinski definition) is 1. The van der Waals surface area contributed by atoms with Crippen LogP contribution in [0.1, 0.15) is 43.0 Å². The van der Waals surface area contributed by atoms with Crippen LogP contribution >= 0.6 is 0 Å². The fourth-order valence-corrected chi connectivity index (χ4v) is 2.97. The van der Waals surface area contributed by atoms with Crippen LogP contribution in [0.5, 0.6) is 0 Å². The Balaban J connectivity index is 2.55. The summed E-state index contributed by atoms with van der Waals surface area (Å²) >= 11 is 0. The van der Waals surface area contributed by atoms with E-state index in [9.17, 15) is 20.0 Å². The summed E-state index contributed by atoms with van der Waals surface area (Å²) < 4.78 is 0. The molecule has 0 bridgehead atoms. The van der Waals surface area contributed by atoms with Crippen LogP contribution in [0.4, 0.5) is 11.4 Å². The highest BCUT2D eigenvalue weighted by atomic mass is 16.6. The van der Waals surface area contributed by atoms with Gasteiger partial charge in [0.15, 0.2) is 0 Å². The molecule has 1 saturated carbocycles. The third kappa shape index (κ3) is 2.59. The Morgan fingerprint density at radius 1 is 1.45 bits per heavy atom. The molecule has 1 aromatic rings. The topological polar surface area (TPSA) is 83.7 Å². The molecule has 1 aliphatic rings. The molecule has 0 amide bonds. The number of nitro groups is 1. The average molecular weight is 278 g/mol. The standard InChI is InChI=1S/C14H18N2O4/c1-2-15(10-6-3-4-7-10)13-11(14(17)18)8-5-9-12(13)16(19)20/h5,8-10H,2-4,6-7H2,1H3,(H,17,18). The number of rotatable bonds is 5. The Kier molecular flexibility index (Phi) is 4.22. The lowest BCUT2D eigenvalue weighted by atomic mass is 10.1. The Morgan fingerprint density at radius 2 is 2.10 bits per heavy atom. The quantitative estimate of drug-likeness (QED) is 0.661. The molecule has 0 unspecified atom stereocenters. The molecule has 1 aromatic carbocycles. The van der Waals surface area contributed by atoms with E-state index in [0.29, 0.717) is 6.54 Å². The zero-order valence-electron chi connectivity index (χ0n) is 11.4. The molecule has 0 aromatic heterocycles. The van der Waals surface area contributed by atoms with Crippen LogP contribution in [0.2, 0.25) is 0 Å². The van der Waals surface area contributed by atoms with Gasteiger partial charge in [0.25, 0.3) is 5.69 Å². The largest absolute Gasteiger partial charge is 0.478 e. The number of nitro benzene ring substituents is 1. The molecule has 20 heavy (non-hydrogen) atoms. The monoisotopic (exact) mass is 278 g/mol. The number of nitrogens with zero attached hydrogens (tertiary/aromatic N) is 2. The number of hydrogen-bond acceptors (Lipinski definition) is 4. The van der Waals surface area contributed by atoms with Gasteiger partial charge in [0.05, 0.1) is 10.5 Å². The van der Waals surface area contributed by atoms with E-state index in [0.717, 1.165) is 25.7 Å². The van der Waals surface area contributed by atoms with Gasteiger partial charge >= 0.3 is 5.97 Å². The summed E-state index contributed by atoms with van der Waals surface area (Å²) in [6, 6.07) is 4.43. The van der Waals surface area contributed by atoms with E-state index in [-0.39, 0.29) is 23.0 Å². The predicted molar refractivity (Wildman–Crippen MR) is 75.3 cm³/mol. The summed E-state index contributed by atoms with van der Waals surface area (Å²) in [5.41, 5.74) is 0.131. The predicted octanol–water partition coefficient (Wildman–Crippen LogP) is 3.06. The molecule has 6 heteroatoms. The van der Waals surface area contributed by atoms with Crippen molar-refractivity contribution in [3.63, 3.8) is 0 Å². The highest BCUT2D eigenvalue weighted by molar-refractivity contribution is 5.97. The molecule has 0 heterocycles. The number of anilines is 1. The highest BCUT2D eigenvalue weighted by Gasteiger charge is 2.31. The second kappa shape index (κ2) is 5.90. The summed E-state index contributed by atoms with van der Waals surface area (Å²) in [5, 5.41) is 20.5. The third-order valence-electron chi connectivity index (χ3n) is 3.84. The molecule has 0 radical (unpaired) electrons. The summed E-state index contributed by atoms with van der Waals surface area (Å²) in [6.07, 6.45) is 4.09. The molecule has 0 spiro atoms. The smallest absolute Gasteiger partial charge is 0.338 e. The number of carboxylic acids is 1. The molecule has 108 valence electrons. The molecule has 1 fully saturated rings. The van der Waals surface area contributed by atoms with Gasteiger partial charge < -0.3 is 10.0 Å². The first kappa shape index (κ1) is 14.3. The number of para-hydroxylation sites is 1. The Hall–Kier alpha value is -2.11. The van der Waals surface area contributed by atoms with Crippen molar-refractivity contribution in [3.8, 4) is 0 Å². The van der Waals surface area contributed by atoms with Gasteiger partial charge in [0.1, 0.15) is 5.69 Å². The van der Waals surface area contributed by atoms with Gasteiger partial charge in [0.2, 0.25) is 0 Å². The Bertz CT molecular complexity index is 492. The molecule has 0 atom stereocenters. The van der Waals surface area contributed by atoms with Crippen LogP contribution in [0.15, 0.2) is 18.2 Å². The van der Waals surface area contributed by atoms with Crippen molar-refractivity contribution in [2.45, 2.75) is 38.6 Å². The van der Waals surface area contributed by atoms with Crippen molar-refractivity contribution in [3.05, 3.63) is 33.9 Å². The molecule has 2 rings (SSSR count). The summed E-state index contributed by atoms with van der Waals surface area (Å²) in [5.74, 6) is -1.12. The molecular weight excluding hydrogens is 260 g/mol. The lowest BCUT2D eigenvalue weighted by molar-refractivity contribution is -0.384. The first-order valence-electron chi connectivity index (χ1n) is 6.83. The van der Waals surface area contributed by atoms with Crippen molar-refractivity contribution in [2.75, 3.05) is 11.4 Å². The number of aromatic carboxylic acids is 1. The molecule has 1 N–H and O–H groups in total. The molecule has 1 aliphatic carbocycles. The van der Waals surface area contributed by atoms with Crippen LogP contribution in [-0.4, -0.2) is 28.6 Å². The maximum atomic E-state index is 11.4. The van der Waals surface area contributed by atoms with E-state index in [2.05, 4.69) is 0 Å². The van der Waals surface area contributed by atoms with E-state index in [1.54, 1.807) is 0 Å². The molecule has 0 saturated heterocycles. The van der Waals surface area contributed by atoms with Crippen LogP contribution in [0.3, 0.4) is 0 Å². The second-order valence-corrected chi connectivity index (χ2v) is 4.96. The van der Waals surface area contributed by atoms with Gasteiger partial charge in [-0.15, -0.1) is 0 Å². The van der Waals surface area contributed by atoms with Crippen molar-refractivity contribution in [1.82, 2.24) is 0 Å². The second-order valence-electron chi connectivity index (χ2n) is 4.96. The minimum atomic E-state index is -1.12. The lowest BCUT2D eigenvalue weighted by Gasteiger charge is -2.30. The summed E-state index contributed by atoms with van der Waals surface area (Å²) in [4.78, 5) is 24.0. The van der Waals surface area contributed by atoms with E-state index in [4.69, 9.17) is 0 Å². The minimum absolute atomic E-state index is 0.00736. The van der Waals surface area contributed by atoms with Gasteiger partial charge in [-0.25, -0.2) is 4.79 Å². The van der Waals surface area contributed by atoms with Gasteiger partial charge in [-0.2, -0.15) is 0 Å². The first-order valence-corrected chi connectivity index (χ1v) is 6.83. The molecule has 6 nitrogen and oxygen atoms in total. The molecular formula is C14H18N2O4. The van der Waals surface area contributed by atoms with Gasteiger partial charge in [-0.3, -0.25) is 10.1 Å². The highest BCUT2D eigenvalue weighted by Crippen LogP contribution is 2.36. The van der Waals surface area contributed by atoms with Gasteiger partial charge in [-0.05, 0) is 25.8 Å². The van der Waals surface area contributed by atoms with E-state index >= 15 is 0 Å². The van der Waals surface area contributed by atoms with E-state index in [1.807, 2.05) is 11.8 Å². The van der Waals surface area contributed by atoms with Crippen LogP contribution in [0.25, 0.3) is 0 Å².